The van der Waals surface area contributed by atoms with Gasteiger partial charge in [-0.2, -0.15) is 0 Å². The number of carbonyl (C=O) groups excluding carboxylic acids is 1. The molecule has 0 aliphatic carbocycles. The number of carbonyl (C=O) groups is 2. The van der Waals surface area contributed by atoms with Crippen LogP contribution in [0.25, 0.3) is 0 Å². The van der Waals surface area contributed by atoms with E-state index < -0.39 is 5.97 Å². The lowest BCUT2D eigenvalue weighted by molar-refractivity contribution is -0.137. The summed E-state index contributed by atoms with van der Waals surface area (Å²) in [4.78, 5) is 22.0. The van der Waals surface area contributed by atoms with Gasteiger partial charge in [0.15, 0.2) is 0 Å². The van der Waals surface area contributed by atoms with Crippen LogP contribution in [0.5, 0.6) is 0 Å². The Kier molecular flexibility index (Phi) is 5.36. The Hall–Kier alpha value is -1.84. The second kappa shape index (κ2) is 6.79. The number of amides is 1. The minimum Gasteiger partial charge on any atom is -0.481 e. The Morgan fingerprint density at radius 2 is 1.83 bits per heavy atom. The third kappa shape index (κ3) is 4.57. The molecule has 0 saturated heterocycles. The molecular weight excluding hydrogens is 230 g/mol. The van der Waals surface area contributed by atoms with E-state index in [4.69, 9.17) is 5.11 Å². The molecule has 1 aromatic rings. The van der Waals surface area contributed by atoms with Gasteiger partial charge in [-0.05, 0) is 30.0 Å². The van der Waals surface area contributed by atoms with Crippen LogP contribution < -0.4 is 5.32 Å². The summed E-state index contributed by atoms with van der Waals surface area (Å²) in [6, 6.07) is 7.47. The fraction of sp³-hybridized carbons (Fsp3) is 0.429. The molecule has 4 nitrogen and oxygen atoms in total. The number of rotatable bonds is 6. The highest BCUT2D eigenvalue weighted by atomic mass is 16.4. The van der Waals surface area contributed by atoms with Gasteiger partial charge in [-0.15, -0.1) is 0 Å². The topological polar surface area (TPSA) is 66.4 Å². The summed E-state index contributed by atoms with van der Waals surface area (Å²) >= 11 is 0. The van der Waals surface area contributed by atoms with Crippen molar-refractivity contribution in [3.8, 4) is 0 Å². The molecule has 18 heavy (non-hydrogen) atoms. The van der Waals surface area contributed by atoms with Crippen LogP contribution in [-0.4, -0.2) is 23.5 Å². The molecule has 0 radical (unpaired) electrons. The van der Waals surface area contributed by atoms with Gasteiger partial charge in [0.25, 0.3) is 5.91 Å². The molecule has 4 heteroatoms. The molecule has 0 aliphatic heterocycles. The quantitative estimate of drug-likeness (QED) is 0.761. The van der Waals surface area contributed by atoms with Gasteiger partial charge in [-0.1, -0.05) is 26.0 Å². The van der Waals surface area contributed by atoms with E-state index in [1.54, 1.807) is 12.1 Å². The largest absolute Gasteiger partial charge is 0.481 e. The molecule has 0 unspecified atom stereocenters. The van der Waals surface area contributed by atoms with Crippen molar-refractivity contribution < 1.29 is 14.7 Å². The van der Waals surface area contributed by atoms with Crippen LogP contribution in [0.3, 0.4) is 0 Å². The summed E-state index contributed by atoms with van der Waals surface area (Å²) in [6.07, 6.45) is 0.526. The first kappa shape index (κ1) is 14.2. The molecule has 0 aromatic heterocycles. The Balaban J connectivity index is 2.44. The molecule has 0 heterocycles. The maximum absolute atomic E-state index is 11.7. The average molecular weight is 249 g/mol. The first-order valence-electron chi connectivity index (χ1n) is 6.10. The summed E-state index contributed by atoms with van der Waals surface area (Å²) in [7, 11) is 0. The van der Waals surface area contributed by atoms with E-state index in [1.165, 1.54) is 5.56 Å². The zero-order valence-electron chi connectivity index (χ0n) is 10.8. The maximum atomic E-state index is 11.7. The zero-order chi connectivity index (χ0) is 13.5. The molecule has 0 fully saturated rings. The number of benzene rings is 1. The third-order valence-corrected chi connectivity index (χ3v) is 2.69. The summed E-state index contributed by atoms with van der Waals surface area (Å²) in [5, 5.41) is 11.2. The van der Waals surface area contributed by atoms with Gasteiger partial charge in [0.1, 0.15) is 0 Å². The lowest BCUT2D eigenvalue weighted by Crippen LogP contribution is -2.24. The van der Waals surface area contributed by atoms with E-state index in [0.717, 1.165) is 0 Å². The molecule has 0 aliphatic rings. The second-order valence-corrected chi connectivity index (χ2v) is 4.53. The molecule has 2 N–H and O–H groups in total. The predicted octanol–water partition coefficient (Wildman–Crippen LogP) is 2.40. The molecule has 0 bridgehead atoms. The molecular formula is C14H19NO3. The standard InChI is InChI=1S/C14H19NO3/c1-10(2)11-5-7-12(8-6-11)14(18)15-9-3-4-13(16)17/h5-8,10H,3-4,9H2,1-2H3,(H,15,18)(H,16,17). The average Bonchev–Trinajstić information content (AvgIpc) is 2.34. The van der Waals surface area contributed by atoms with Crippen molar-refractivity contribution in [2.24, 2.45) is 0 Å². The van der Waals surface area contributed by atoms with E-state index in [1.807, 2.05) is 12.1 Å². The van der Waals surface area contributed by atoms with Crippen molar-refractivity contribution in [3.63, 3.8) is 0 Å². The Bertz CT molecular complexity index is 410. The van der Waals surface area contributed by atoms with E-state index in [-0.39, 0.29) is 12.3 Å². The molecule has 1 aromatic carbocycles. The van der Waals surface area contributed by atoms with Crippen LogP contribution >= 0.6 is 0 Å². The van der Waals surface area contributed by atoms with Gasteiger partial charge < -0.3 is 10.4 Å². The Morgan fingerprint density at radius 1 is 1.22 bits per heavy atom. The zero-order valence-corrected chi connectivity index (χ0v) is 10.8. The molecule has 0 saturated carbocycles. The van der Waals surface area contributed by atoms with E-state index >= 15 is 0 Å². The van der Waals surface area contributed by atoms with Crippen molar-refractivity contribution in [2.45, 2.75) is 32.6 Å². The number of hydrogen-bond donors (Lipinski definition) is 2. The molecule has 1 rings (SSSR count). The molecule has 0 spiro atoms. The van der Waals surface area contributed by atoms with Gasteiger partial charge >= 0.3 is 5.97 Å². The predicted molar refractivity (Wildman–Crippen MR) is 69.7 cm³/mol. The summed E-state index contributed by atoms with van der Waals surface area (Å²) in [6.45, 7) is 4.58. The number of carboxylic acid groups (broad SMARTS) is 1. The molecule has 0 atom stereocenters. The lowest BCUT2D eigenvalue weighted by atomic mass is 10.0. The number of hydrogen-bond acceptors (Lipinski definition) is 2. The van der Waals surface area contributed by atoms with Gasteiger partial charge in [0, 0.05) is 18.5 Å². The normalized spacial score (nSPS) is 10.4. The van der Waals surface area contributed by atoms with Crippen molar-refractivity contribution in [3.05, 3.63) is 35.4 Å². The first-order valence-corrected chi connectivity index (χ1v) is 6.10. The monoisotopic (exact) mass is 249 g/mol. The molecule has 98 valence electrons. The van der Waals surface area contributed by atoms with Gasteiger partial charge in [-0.3, -0.25) is 9.59 Å². The Labute approximate surface area is 107 Å². The van der Waals surface area contributed by atoms with Gasteiger partial charge in [0.2, 0.25) is 0 Å². The summed E-state index contributed by atoms with van der Waals surface area (Å²) in [5.74, 6) is -0.557. The van der Waals surface area contributed by atoms with Crippen molar-refractivity contribution in [1.29, 1.82) is 0 Å². The number of nitrogens with one attached hydrogen (secondary N) is 1. The van der Waals surface area contributed by atoms with Gasteiger partial charge in [-0.25, -0.2) is 0 Å². The smallest absolute Gasteiger partial charge is 0.303 e. The fourth-order valence-electron chi connectivity index (χ4n) is 1.56. The van der Waals surface area contributed by atoms with E-state index in [9.17, 15) is 9.59 Å². The maximum Gasteiger partial charge on any atom is 0.303 e. The van der Waals surface area contributed by atoms with E-state index in [2.05, 4.69) is 19.2 Å². The van der Waals surface area contributed by atoms with Crippen LogP contribution in [0.1, 0.15) is 48.5 Å². The van der Waals surface area contributed by atoms with Crippen LogP contribution in [0.15, 0.2) is 24.3 Å². The highest BCUT2D eigenvalue weighted by Crippen LogP contribution is 2.14. The SMILES string of the molecule is CC(C)c1ccc(C(=O)NCCCC(=O)O)cc1. The van der Waals surface area contributed by atoms with E-state index in [0.29, 0.717) is 24.4 Å². The van der Waals surface area contributed by atoms with Crippen molar-refractivity contribution >= 4 is 11.9 Å². The van der Waals surface area contributed by atoms with Crippen LogP contribution in [0.2, 0.25) is 0 Å². The fourth-order valence-corrected chi connectivity index (χ4v) is 1.56. The van der Waals surface area contributed by atoms with Gasteiger partial charge in [0.05, 0.1) is 0 Å². The number of aliphatic carboxylic acids is 1. The second-order valence-electron chi connectivity index (χ2n) is 4.53. The summed E-state index contributed by atoms with van der Waals surface area (Å²) in [5.41, 5.74) is 1.80. The highest BCUT2D eigenvalue weighted by Gasteiger charge is 2.06. The Morgan fingerprint density at radius 3 is 2.33 bits per heavy atom. The third-order valence-electron chi connectivity index (χ3n) is 2.69. The minimum absolute atomic E-state index is 0.0760. The highest BCUT2D eigenvalue weighted by molar-refractivity contribution is 5.94. The van der Waals surface area contributed by atoms with Crippen molar-refractivity contribution in [1.82, 2.24) is 5.32 Å². The summed E-state index contributed by atoms with van der Waals surface area (Å²) < 4.78 is 0. The lowest BCUT2D eigenvalue weighted by Gasteiger charge is -2.07. The van der Waals surface area contributed by atoms with Crippen LogP contribution in [-0.2, 0) is 4.79 Å². The first-order chi connectivity index (χ1) is 8.50. The molecule has 1 amide bonds. The minimum atomic E-state index is -0.842. The number of carboxylic acids is 1. The van der Waals surface area contributed by atoms with Crippen LogP contribution in [0.4, 0.5) is 0 Å². The van der Waals surface area contributed by atoms with Crippen LogP contribution in [0, 0.1) is 0 Å². The van der Waals surface area contributed by atoms with Crippen molar-refractivity contribution in [2.75, 3.05) is 6.54 Å².